The van der Waals surface area contributed by atoms with Gasteiger partial charge in [-0.2, -0.15) is 0 Å². The maximum absolute atomic E-state index is 9.49. The summed E-state index contributed by atoms with van der Waals surface area (Å²) in [4.78, 5) is 38.0. The standard InChI is InChI=1S/4C4H6O2.Re/c4*1-3(2)4(5)6;/h4*1H2,2H3,(H,5,6);/q;;;;+4/p-4. The first kappa shape index (κ1) is 34.0. The van der Waals surface area contributed by atoms with Crippen LogP contribution in [0.3, 0.4) is 0 Å². The van der Waals surface area contributed by atoms with Crippen molar-refractivity contribution >= 4 is 23.9 Å². The summed E-state index contributed by atoms with van der Waals surface area (Å²) in [5.74, 6) is -4.74. The fraction of sp³-hybridized carbons (Fsp3) is 0.250. The molecule has 0 aliphatic heterocycles. The first-order valence-corrected chi connectivity index (χ1v) is 6.05. The van der Waals surface area contributed by atoms with Crippen LogP contribution in [-0.4, -0.2) is 23.9 Å². The third kappa shape index (κ3) is 44.9. The van der Waals surface area contributed by atoms with Crippen molar-refractivity contribution in [2.45, 2.75) is 27.7 Å². The van der Waals surface area contributed by atoms with E-state index in [1.54, 1.807) is 0 Å². The topological polar surface area (TPSA) is 161 Å². The molecular weight excluding hydrogens is 506 g/mol. The minimum Gasteiger partial charge on any atom is -0.545 e. The molecule has 0 amide bonds. The summed E-state index contributed by atoms with van der Waals surface area (Å²) in [6, 6.07) is 0. The molecule has 0 bridgehead atoms. The summed E-state index contributed by atoms with van der Waals surface area (Å²) in [5, 5.41) is 38.0. The van der Waals surface area contributed by atoms with E-state index in [4.69, 9.17) is 0 Å². The van der Waals surface area contributed by atoms with Gasteiger partial charge in [-0.25, -0.2) is 0 Å². The molecule has 0 aliphatic rings. The molecule has 0 spiro atoms. The molecule has 0 fully saturated rings. The van der Waals surface area contributed by atoms with Crippen molar-refractivity contribution in [1.29, 1.82) is 0 Å². The first-order valence-electron chi connectivity index (χ1n) is 6.05. The van der Waals surface area contributed by atoms with Gasteiger partial charge >= 0.3 is 20.4 Å². The zero-order valence-corrected chi connectivity index (χ0v) is 17.2. The molecule has 139 valence electrons. The summed E-state index contributed by atoms with van der Waals surface area (Å²) in [7, 11) is 0. The van der Waals surface area contributed by atoms with E-state index in [1.165, 1.54) is 27.7 Å². The fourth-order valence-electron chi connectivity index (χ4n) is 0. The Hall–Kier alpha value is -2.50. The summed E-state index contributed by atoms with van der Waals surface area (Å²) in [5.41, 5.74) is 0.259. The molecule has 0 atom stereocenters. The van der Waals surface area contributed by atoms with Crippen LogP contribution >= 0.6 is 0 Å². The largest absolute Gasteiger partial charge is 4.00 e. The van der Waals surface area contributed by atoms with E-state index in [2.05, 4.69) is 26.3 Å². The van der Waals surface area contributed by atoms with Gasteiger partial charge < -0.3 is 39.6 Å². The average Bonchev–Trinajstić information content (AvgIpc) is 2.40. The molecule has 0 unspecified atom stereocenters. The van der Waals surface area contributed by atoms with Gasteiger partial charge in [0.1, 0.15) is 0 Å². The van der Waals surface area contributed by atoms with E-state index in [0.29, 0.717) is 0 Å². The van der Waals surface area contributed by atoms with Crippen LogP contribution in [-0.2, 0) is 39.6 Å². The quantitative estimate of drug-likeness (QED) is 0.356. The van der Waals surface area contributed by atoms with Gasteiger partial charge in [0.15, 0.2) is 0 Å². The maximum atomic E-state index is 9.49. The summed E-state index contributed by atoms with van der Waals surface area (Å²) in [6.07, 6.45) is 0. The van der Waals surface area contributed by atoms with Crippen molar-refractivity contribution in [2.75, 3.05) is 0 Å². The summed E-state index contributed by atoms with van der Waals surface area (Å²) < 4.78 is 0. The molecule has 0 aromatic heterocycles. The molecule has 25 heavy (non-hydrogen) atoms. The van der Waals surface area contributed by atoms with Gasteiger partial charge in [-0.3, -0.25) is 0 Å². The van der Waals surface area contributed by atoms with Gasteiger partial charge in [-0.1, -0.05) is 26.3 Å². The van der Waals surface area contributed by atoms with Crippen LogP contribution in [0.1, 0.15) is 27.7 Å². The molecule has 0 aromatic carbocycles. The third-order valence-corrected chi connectivity index (χ3v) is 1.39. The zero-order chi connectivity index (χ0) is 20.6. The number of carboxylic acid groups (broad SMARTS) is 4. The van der Waals surface area contributed by atoms with Crippen molar-refractivity contribution in [3.63, 3.8) is 0 Å². The first-order chi connectivity index (χ1) is 10.6. The molecule has 0 saturated carbocycles. The number of hydrogen-bond acceptors (Lipinski definition) is 8. The van der Waals surface area contributed by atoms with Crippen LogP contribution in [0.5, 0.6) is 0 Å². The molecular formula is C16H20O8Re. The van der Waals surface area contributed by atoms with E-state index in [9.17, 15) is 39.6 Å². The van der Waals surface area contributed by atoms with Gasteiger partial charge in [-0.05, 0) is 50.0 Å². The minimum absolute atomic E-state index is 0. The molecule has 0 aromatic rings. The smallest absolute Gasteiger partial charge is 0.545 e. The van der Waals surface area contributed by atoms with Gasteiger partial charge in [-0.15, -0.1) is 0 Å². The molecule has 8 nitrogen and oxygen atoms in total. The Morgan fingerprint density at radius 2 is 0.520 bits per heavy atom. The average molecular weight is 527 g/mol. The van der Waals surface area contributed by atoms with Crippen molar-refractivity contribution < 1.29 is 60.0 Å². The number of aliphatic carboxylic acids is 4. The van der Waals surface area contributed by atoms with Gasteiger partial charge in [0, 0.05) is 0 Å². The predicted molar refractivity (Wildman–Crippen MR) is 79.3 cm³/mol. The van der Waals surface area contributed by atoms with Crippen molar-refractivity contribution in [2.24, 2.45) is 0 Å². The molecule has 0 saturated heterocycles. The number of carboxylic acids is 4. The van der Waals surface area contributed by atoms with Crippen molar-refractivity contribution in [3.8, 4) is 0 Å². The third-order valence-electron chi connectivity index (χ3n) is 1.39. The van der Waals surface area contributed by atoms with E-state index in [1.807, 2.05) is 0 Å². The second-order valence-electron chi connectivity index (χ2n) is 4.27. The normalized spacial score (nSPS) is 7.20. The van der Waals surface area contributed by atoms with Gasteiger partial charge in [0.05, 0.1) is 23.9 Å². The number of carbonyl (C=O) groups is 4. The van der Waals surface area contributed by atoms with Crippen LogP contribution < -0.4 is 20.4 Å². The Morgan fingerprint density at radius 1 is 0.480 bits per heavy atom. The van der Waals surface area contributed by atoms with E-state index >= 15 is 0 Å². The van der Waals surface area contributed by atoms with Crippen LogP contribution in [0.4, 0.5) is 0 Å². The predicted octanol–water partition coefficient (Wildman–Crippen LogP) is -2.75. The number of rotatable bonds is 4. The second kappa shape index (κ2) is 19.5. The van der Waals surface area contributed by atoms with Crippen molar-refractivity contribution in [1.82, 2.24) is 0 Å². The molecule has 0 heterocycles. The van der Waals surface area contributed by atoms with Gasteiger partial charge in [0.25, 0.3) is 0 Å². The summed E-state index contributed by atoms with van der Waals surface area (Å²) >= 11 is 0. The molecule has 9 heteroatoms. The second-order valence-corrected chi connectivity index (χ2v) is 4.27. The molecule has 0 N–H and O–H groups in total. The van der Waals surface area contributed by atoms with Crippen LogP contribution in [0, 0.1) is 0 Å². The number of hydrogen-bond donors (Lipinski definition) is 0. The molecule has 0 aliphatic carbocycles. The zero-order valence-electron chi connectivity index (χ0n) is 14.5. The van der Waals surface area contributed by atoms with E-state index in [0.717, 1.165) is 0 Å². The Balaban J connectivity index is -0.0000000702. The Kier molecular flexibility index (Phi) is 26.6. The van der Waals surface area contributed by atoms with Gasteiger partial charge in [0.2, 0.25) is 0 Å². The maximum Gasteiger partial charge on any atom is 4.00 e. The van der Waals surface area contributed by atoms with Crippen LogP contribution in [0.15, 0.2) is 48.6 Å². The molecule has 1 radical (unpaired) electrons. The Morgan fingerprint density at radius 3 is 0.520 bits per heavy atom. The van der Waals surface area contributed by atoms with E-state index < -0.39 is 23.9 Å². The number of carbonyl (C=O) groups excluding carboxylic acids is 4. The van der Waals surface area contributed by atoms with Crippen LogP contribution in [0.25, 0.3) is 0 Å². The molecule has 0 rings (SSSR count). The monoisotopic (exact) mass is 527 g/mol. The van der Waals surface area contributed by atoms with E-state index in [-0.39, 0.29) is 42.7 Å². The Labute approximate surface area is 160 Å². The minimum atomic E-state index is -1.19. The van der Waals surface area contributed by atoms with Crippen molar-refractivity contribution in [3.05, 3.63) is 48.6 Å². The SMILES string of the molecule is C=C(C)C(=O)[O-].C=C(C)C(=O)[O-].C=C(C)C(=O)[O-].C=C(C)C(=O)[O-].[Re+4]. The Bertz CT molecular complexity index is 388. The van der Waals surface area contributed by atoms with Crippen LogP contribution in [0.2, 0.25) is 0 Å². The summed E-state index contributed by atoms with van der Waals surface area (Å²) in [6.45, 7) is 17.9. The fourth-order valence-corrected chi connectivity index (χ4v) is 0.